The van der Waals surface area contributed by atoms with E-state index in [2.05, 4.69) is 35.7 Å². The highest BCUT2D eigenvalue weighted by atomic mass is 79.9. The average Bonchev–Trinajstić information content (AvgIpc) is 3.06. The number of hydrogen-bond acceptors (Lipinski definition) is 4. The standard InChI is InChI=1S/C20H20BrClN4O/c1-13-24-25-20(26(13)17-7-5-16(22)6-8-17)14-2-9-18(10-3-14)27-19-11-4-15(21)12-23-19/h4-8,11-12,14,18H,2-3,9-10H2,1H3. The van der Waals surface area contributed by atoms with Gasteiger partial charge in [-0.2, -0.15) is 0 Å². The molecule has 7 heteroatoms. The van der Waals surface area contributed by atoms with E-state index in [-0.39, 0.29) is 6.10 Å². The molecule has 0 radical (unpaired) electrons. The molecule has 0 saturated heterocycles. The predicted molar refractivity (Wildman–Crippen MR) is 109 cm³/mol. The molecule has 2 heterocycles. The van der Waals surface area contributed by atoms with Crippen LogP contribution in [0.15, 0.2) is 47.1 Å². The molecule has 27 heavy (non-hydrogen) atoms. The molecule has 0 atom stereocenters. The van der Waals surface area contributed by atoms with Crippen molar-refractivity contribution in [1.82, 2.24) is 19.7 Å². The fourth-order valence-corrected chi connectivity index (χ4v) is 3.95. The van der Waals surface area contributed by atoms with Crippen LogP contribution in [0, 0.1) is 6.92 Å². The summed E-state index contributed by atoms with van der Waals surface area (Å²) < 4.78 is 9.13. The highest BCUT2D eigenvalue weighted by molar-refractivity contribution is 9.10. The fraction of sp³-hybridized carbons (Fsp3) is 0.350. The number of benzene rings is 1. The molecule has 1 fully saturated rings. The number of nitrogens with zero attached hydrogens (tertiary/aromatic N) is 4. The lowest BCUT2D eigenvalue weighted by Crippen LogP contribution is -2.25. The second kappa shape index (κ2) is 7.98. The number of aryl methyl sites for hydroxylation is 1. The van der Waals surface area contributed by atoms with Crippen LogP contribution in [0.1, 0.15) is 43.3 Å². The summed E-state index contributed by atoms with van der Waals surface area (Å²) in [4.78, 5) is 4.31. The molecule has 4 rings (SSSR count). The van der Waals surface area contributed by atoms with E-state index in [1.54, 1.807) is 6.20 Å². The van der Waals surface area contributed by atoms with E-state index in [1.807, 2.05) is 43.3 Å². The molecule has 0 unspecified atom stereocenters. The summed E-state index contributed by atoms with van der Waals surface area (Å²) in [7, 11) is 0. The van der Waals surface area contributed by atoms with Gasteiger partial charge in [-0.25, -0.2) is 4.98 Å². The Balaban J connectivity index is 1.45. The molecule has 1 aromatic carbocycles. The van der Waals surface area contributed by atoms with Crippen molar-refractivity contribution in [3.05, 3.63) is 63.7 Å². The van der Waals surface area contributed by atoms with Gasteiger partial charge in [0.2, 0.25) is 5.88 Å². The Morgan fingerprint density at radius 3 is 2.44 bits per heavy atom. The minimum atomic E-state index is 0.197. The van der Waals surface area contributed by atoms with Crippen LogP contribution in [0.2, 0.25) is 5.02 Å². The van der Waals surface area contributed by atoms with Crippen molar-refractivity contribution in [2.75, 3.05) is 0 Å². The zero-order valence-corrected chi connectivity index (χ0v) is 17.3. The maximum Gasteiger partial charge on any atom is 0.213 e. The van der Waals surface area contributed by atoms with Crippen LogP contribution < -0.4 is 4.74 Å². The van der Waals surface area contributed by atoms with Gasteiger partial charge in [-0.3, -0.25) is 4.57 Å². The second-order valence-corrected chi connectivity index (χ2v) is 8.18. The van der Waals surface area contributed by atoms with E-state index in [1.165, 1.54) is 0 Å². The van der Waals surface area contributed by atoms with Crippen molar-refractivity contribution >= 4 is 27.5 Å². The lowest BCUT2D eigenvalue weighted by Gasteiger charge is -2.28. The minimum absolute atomic E-state index is 0.197. The largest absolute Gasteiger partial charge is 0.474 e. The molecule has 5 nitrogen and oxygen atoms in total. The summed E-state index contributed by atoms with van der Waals surface area (Å²) in [6, 6.07) is 11.7. The topological polar surface area (TPSA) is 52.8 Å². The molecule has 0 bridgehead atoms. The molecule has 2 aromatic heterocycles. The van der Waals surface area contributed by atoms with E-state index in [9.17, 15) is 0 Å². The number of aromatic nitrogens is 4. The lowest BCUT2D eigenvalue weighted by atomic mass is 9.86. The maximum absolute atomic E-state index is 6.04. The van der Waals surface area contributed by atoms with Gasteiger partial charge < -0.3 is 4.74 Å². The summed E-state index contributed by atoms with van der Waals surface area (Å²) in [5.74, 6) is 2.97. The summed E-state index contributed by atoms with van der Waals surface area (Å²) in [6.07, 6.45) is 5.96. The number of pyridine rings is 1. The first-order valence-corrected chi connectivity index (χ1v) is 10.2. The zero-order chi connectivity index (χ0) is 18.8. The molecule has 1 aliphatic rings. The van der Waals surface area contributed by atoms with E-state index >= 15 is 0 Å². The van der Waals surface area contributed by atoms with Crippen molar-refractivity contribution in [2.24, 2.45) is 0 Å². The minimum Gasteiger partial charge on any atom is -0.474 e. The Hall–Kier alpha value is -1.92. The Morgan fingerprint density at radius 1 is 1.04 bits per heavy atom. The number of hydrogen-bond donors (Lipinski definition) is 0. The highest BCUT2D eigenvalue weighted by Crippen LogP contribution is 2.35. The fourth-order valence-electron chi connectivity index (χ4n) is 3.59. The summed E-state index contributed by atoms with van der Waals surface area (Å²) >= 11 is 9.43. The van der Waals surface area contributed by atoms with Crippen LogP contribution in [-0.2, 0) is 0 Å². The average molecular weight is 448 g/mol. The monoisotopic (exact) mass is 446 g/mol. The maximum atomic E-state index is 6.04. The van der Waals surface area contributed by atoms with Crippen LogP contribution in [0.5, 0.6) is 5.88 Å². The smallest absolute Gasteiger partial charge is 0.213 e. The van der Waals surface area contributed by atoms with E-state index in [0.717, 1.165) is 52.5 Å². The molecule has 140 valence electrons. The molecular weight excluding hydrogens is 428 g/mol. The predicted octanol–water partition coefficient (Wildman–Crippen LogP) is 5.49. The van der Waals surface area contributed by atoms with Crippen LogP contribution in [0.3, 0.4) is 0 Å². The van der Waals surface area contributed by atoms with Gasteiger partial charge in [0, 0.05) is 33.4 Å². The normalized spacial score (nSPS) is 19.8. The molecule has 0 aliphatic heterocycles. The van der Waals surface area contributed by atoms with E-state index in [0.29, 0.717) is 11.8 Å². The van der Waals surface area contributed by atoms with Crippen LogP contribution >= 0.6 is 27.5 Å². The number of ether oxygens (including phenoxy) is 1. The first kappa shape index (κ1) is 18.4. The van der Waals surface area contributed by atoms with Crippen molar-refractivity contribution < 1.29 is 4.74 Å². The first-order valence-electron chi connectivity index (χ1n) is 9.06. The van der Waals surface area contributed by atoms with Gasteiger partial charge >= 0.3 is 0 Å². The third-order valence-electron chi connectivity index (χ3n) is 4.96. The van der Waals surface area contributed by atoms with Gasteiger partial charge in [-0.05, 0) is 78.9 Å². The van der Waals surface area contributed by atoms with Gasteiger partial charge in [0.25, 0.3) is 0 Å². The Labute approximate surface area is 171 Å². The SMILES string of the molecule is Cc1nnc(C2CCC(Oc3ccc(Br)cn3)CC2)n1-c1ccc(Cl)cc1. The van der Waals surface area contributed by atoms with Crippen LogP contribution in [0.4, 0.5) is 0 Å². The first-order chi connectivity index (χ1) is 13.1. The van der Waals surface area contributed by atoms with E-state index in [4.69, 9.17) is 16.3 Å². The Kier molecular flexibility index (Phi) is 5.45. The van der Waals surface area contributed by atoms with E-state index < -0.39 is 0 Å². The number of halogens is 2. The highest BCUT2D eigenvalue weighted by Gasteiger charge is 2.28. The molecule has 0 spiro atoms. The molecule has 0 amide bonds. The van der Waals surface area contributed by atoms with Crippen LogP contribution in [0.25, 0.3) is 5.69 Å². The quantitative estimate of drug-likeness (QED) is 0.530. The molecule has 1 saturated carbocycles. The second-order valence-electron chi connectivity index (χ2n) is 6.82. The zero-order valence-electron chi connectivity index (χ0n) is 15.0. The summed E-state index contributed by atoms with van der Waals surface area (Å²) in [5.41, 5.74) is 1.05. The van der Waals surface area contributed by atoms with Gasteiger partial charge in [-0.1, -0.05) is 11.6 Å². The van der Waals surface area contributed by atoms with Crippen molar-refractivity contribution in [1.29, 1.82) is 0 Å². The van der Waals surface area contributed by atoms with Crippen LogP contribution in [-0.4, -0.2) is 25.9 Å². The number of rotatable bonds is 4. The van der Waals surface area contributed by atoms with Gasteiger partial charge in [0.15, 0.2) is 0 Å². The molecule has 3 aromatic rings. The van der Waals surface area contributed by atoms with Gasteiger partial charge in [0.1, 0.15) is 17.8 Å². The van der Waals surface area contributed by atoms with Crippen molar-refractivity contribution in [2.45, 2.75) is 44.6 Å². The summed E-state index contributed by atoms with van der Waals surface area (Å²) in [6.45, 7) is 1.99. The molecule has 0 N–H and O–H groups in total. The Morgan fingerprint density at radius 2 is 1.78 bits per heavy atom. The molecule has 1 aliphatic carbocycles. The lowest BCUT2D eigenvalue weighted by molar-refractivity contribution is 0.139. The van der Waals surface area contributed by atoms with Crippen molar-refractivity contribution in [3.8, 4) is 11.6 Å². The van der Waals surface area contributed by atoms with Crippen molar-refractivity contribution in [3.63, 3.8) is 0 Å². The third-order valence-corrected chi connectivity index (χ3v) is 5.68. The summed E-state index contributed by atoms with van der Waals surface area (Å²) in [5, 5.41) is 9.53. The molecular formula is C20H20BrClN4O. The van der Waals surface area contributed by atoms with Gasteiger partial charge in [0.05, 0.1) is 0 Å². The van der Waals surface area contributed by atoms with Gasteiger partial charge in [-0.15, -0.1) is 10.2 Å². The Bertz CT molecular complexity index is 903. The third kappa shape index (κ3) is 4.17.